The average molecular weight is 210 g/mol. The number of nitrogens with zero attached hydrogens (tertiary/aromatic N) is 2. The lowest BCUT2D eigenvalue weighted by atomic mass is 10.2. The van der Waals surface area contributed by atoms with Crippen LogP contribution in [0.2, 0.25) is 0 Å². The van der Waals surface area contributed by atoms with E-state index in [4.69, 9.17) is 0 Å². The van der Waals surface area contributed by atoms with Gasteiger partial charge in [-0.15, -0.1) is 0 Å². The van der Waals surface area contributed by atoms with E-state index in [1.54, 1.807) is 24.3 Å². The summed E-state index contributed by atoms with van der Waals surface area (Å²) in [6, 6.07) is 16.5. The molecular weight excluding hydrogens is 200 g/mol. The summed E-state index contributed by atoms with van der Waals surface area (Å²) >= 11 is 0. The number of aldehydes is 1. The Labute approximate surface area is 93.5 Å². The lowest BCUT2D eigenvalue weighted by Crippen LogP contribution is -1.75. The number of rotatable bonds is 3. The van der Waals surface area contributed by atoms with E-state index in [2.05, 4.69) is 10.2 Å². The summed E-state index contributed by atoms with van der Waals surface area (Å²) < 4.78 is 0. The Balaban J connectivity index is 2.20. The first kappa shape index (κ1) is 10.2. The molecule has 0 amide bonds. The normalized spacial score (nSPS) is 10.5. The number of hydrogen-bond acceptors (Lipinski definition) is 3. The molecule has 0 unspecified atom stereocenters. The Bertz CT molecular complexity index is 506. The van der Waals surface area contributed by atoms with Gasteiger partial charge < -0.3 is 0 Å². The Kier molecular flexibility index (Phi) is 3.18. The van der Waals surface area contributed by atoms with Gasteiger partial charge in [-0.3, -0.25) is 4.79 Å². The fourth-order valence-corrected chi connectivity index (χ4v) is 1.27. The van der Waals surface area contributed by atoms with Crippen molar-refractivity contribution in [3.05, 3.63) is 60.2 Å². The van der Waals surface area contributed by atoms with Crippen molar-refractivity contribution in [3.63, 3.8) is 0 Å². The summed E-state index contributed by atoms with van der Waals surface area (Å²) in [5.74, 6) is 0. The number of benzene rings is 2. The Morgan fingerprint density at radius 2 is 1.50 bits per heavy atom. The molecule has 2 aromatic rings. The van der Waals surface area contributed by atoms with Crippen LogP contribution in [0.5, 0.6) is 0 Å². The molecule has 78 valence electrons. The van der Waals surface area contributed by atoms with E-state index in [0.717, 1.165) is 12.0 Å². The topological polar surface area (TPSA) is 41.8 Å². The molecule has 0 fully saturated rings. The molecule has 0 radical (unpaired) electrons. The molecular formula is C13H10N2O. The van der Waals surface area contributed by atoms with E-state index in [0.29, 0.717) is 11.3 Å². The number of azo groups is 1. The van der Waals surface area contributed by atoms with E-state index < -0.39 is 0 Å². The van der Waals surface area contributed by atoms with Crippen LogP contribution in [0.15, 0.2) is 64.8 Å². The van der Waals surface area contributed by atoms with Gasteiger partial charge in [-0.05, 0) is 24.3 Å². The largest absolute Gasteiger partial charge is 0.298 e. The molecule has 0 aliphatic heterocycles. The summed E-state index contributed by atoms with van der Waals surface area (Å²) in [7, 11) is 0. The van der Waals surface area contributed by atoms with Gasteiger partial charge in [-0.1, -0.05) is 30.3 Å². The molecule has 0 spiro atoms. The Morgan fingerprint density at radius 3 is 2.25 bits per heavy atom. The molecule has 0 saturated carbocycles. The molecule has 0 heterocycles. The van der Waals surface area contributed by atoms with Crippen LogP contribution in [0.4, 0.5) is 11.4 Å². The molecule has 0 atom stereocenters. The van der Waals surface area contributed by atoms with E-state index >= 15 is 0 Å². The predicted molar refractivity (Wildman–Crippen MR) is 62.4 cm³/mol. The minimum Gasteiger partial charge on any atom is -0.298 e. The lowest BCUT2D eigenvalue weighted by Gasteiger charge is -1.93. The summed E-state index contributed by atoms with van der Waals surface area (Å²) in [6.07, 6.45) is 0.793. The molecule has 3 heteroatoms. The third-order valence-corrected chi connectivity index (χ3v) is 2.04. The highest BCUT2D eigenvalue weighted by molar-refractivity contribution is 5.76. The van der Waals surface area contributed by atoms with Crippen LogP contribution in [0.3, 0.4) is 0 Å². The maximum absolute atomic E-state index is 10.6. The number of carbonyl (C=O) groups is 1. The second kappa shape index (κ2) is 4.98. The summed E-state index contributed by atoms with van der Waals surface area (Å²) in [5.41, 5.74) is 2.07. The predicted octanol–water partition coefficient (Wildman–Crippen LogP) is 3.91. The molecule has 2 aromatic carbocycles. The van der Waals surface area contributed by atoms with Crippen LogP contribution in [0.1, 0.15) is 10.4 Å². The first-order valence-electron chi connectivity index (χ1n) is 4.90. The van der Waals surface area contributed by atoms with Crippen molar-refractivity contribution >= 4 is 17.7 Å². The van der Waals surface area contributed by atoms with Crippen LogP contribution in [-0.4, -0.2) is 6.29 Å². The molecule has 0 bridgehead atoms. The Hall–Kier alpha value is -2.29. The summed E-state index contributed by atoms with van der Waals surface area (Å²) in [4.78, 5) is 10.6. The van der Waals surface area contributed by atoms with E-state index in [9.17, 15) is 4.79 Å². The van der Waals surface area contributed by atoms with Crippen molar-refractivity contribution in [2.45, 2.75) is 0 Å². The first-order chi connectivity index (χ1) is 7.88. The lowest BCUT2D eigenvalue weighted by molar-refractivity contribution is 0.112. The van der Waals surface area contributed by atoms with Gasteiger partial charge in [0, 0.05) is 5.56 Å². The highest BCUT2D eigenvalue weighted by atomic mass is 16.1. The molecule has 3 nitrogen and oxygen atoms in total. The standard InChI is InChI=1S/C13H10N2O/c16-10-11-5-4-8-13(9-11)15-14-12-6-2-1-3-7-12/h1-10H. The van der Waals surface area contributed by atoms with E-state index in [1.165, 1.54) is 0 Å². The highest BCUT2D eigenvalue weighted by Gasteiger charge is 1.92. The third kappa shape index (κ3) is 2.60. The quantitative estimate of drug-likeness (QED) is 0.559. The third-order valence-electron chi connectivity index (χ3n) is 2.04. The molecule has 0 aliphatic rings. The van der Waals surface area contributed by atoms with Crippen molar-refractivity contribution in [2.24, 2.45) is 10.2 Å². The zero-order valence-electron chi connectivity index (χ0n) is 8.58. The van der Waals surface area contributed by atoms with Crippen molar-refractivity contribution in [2.75, 3.05) is 0 Å². The van der Waals surface area contributed by atoms with Gasteiger partial charge >= 0.3 is 0 Å². The number of hydrogen-bond donors (Lipinski definition) is 0. The fourth-order valence-electron chi connectivity index (χ4n) is 1.27. The first-order valence-corrected chi connectivity index (χ1v) is 4.90. The van der Waals surface area contributed by atoms with Crippen molar-refractivity contribution in [1.82, 2.24) is 0 Å². The van der Waals surface area contributed by atoms with Crippen LogP contribution in [0.25, 0.3) is 0 Å². The molecule has 0 saturated heterocycles. The van der Waals surface area contributed by atoms with Gasteiger partial charge in [-0.2, -0.15) is 10.2 Å². The molecule has 0 aliphatic carbocycles. The van der Waals surface area contributed by atoms with E-state index in [-0.39, 0.29) is 0 Å². The minimum atomic E-state index is 0.601. The Morgan fingerprint density at radius 1 is 0.812 bits per heavy atom. The maximum atomic E-state index is 10.6. The summed E-state index contributed by atoms with van der Waals surface area (Å²) in [6.45, 7) is 0. The molecule has 0 aromatic heterocycles. The molecule has 16 heavy (non-hydrogen) atoms. The molecule has 0 N–H and O–H groups in total. The van der Waals surface area contributed by atoms with Crippen LogP contribution in [0, 0.1) is 0 Å². The van der Waals surface area contributed by atoms with Crippen LogP contribution >= 0.6 is 0 Å². The average Bonchev–Trinajstić information content (AvgIpc) is 2.38. The van der Waals surface area contributed by atoms with Gasteiger partial charge in [0.2, 0.25) is 0 Å². The van der Waals surface area contributed by atoms with Crippen molar-refractivity contribution in [3.8, 4) is 0 Å². The van der Waals surface area contributed by atoms with Crippen molar-refractivity contribution < 1.29 is 4.79 Å². The summed E-state index contributed by atoms with van der Waals surface area (Å²) in [5, 5.41) is 8.11. The zero-order chi connectivity index (χ0) is 11.2. The minimum absolute atomic E-state index is 0.601. The number of carbonyl (C=O) groups excluding carboxylic acids is 1. The fraction of sp³-hybridized carbons (Fsp3) is 0. The van der Waals surface area contributed by atoms with Gasteiger partial charge in [-0.25, -0.2) is 0 Å². The smallest absolute Gasteiger partial charge is 0.150 e. The second-order valence-electron chi connectivity index (χ2n) is 3.25. The van der Waals surface area contributed by atoms with E-state index in [1.807, 2.05) is 30.3 Å². The maximum Gasteiger partial charge on any atom is 0.150 e. The molecule has 2 rings (SSSR count). The monoisotopic (exact) mass is 210 g/mol. The SMILES string of the molecule is O=Cc1cccc(N=Nc2ccccc2)c1. The zero-order valence-corrected chi connectivity index (χ0v) is 8.58. The van der Waals surface area contributed by atoms with Gasteiger partial charge in [0.1, 0.15) is 6.29 Å². The van der Waals surface area contributed by atoms with Crippen LogP contribution < -0.4 is 0 Å². The van der Waals surface area contributed by atoms with Gasteiger partial charge in [0.05, 0.1) is 11.4 Å². The van der Waals surface area contributed by atoms with Gasteiger partial charge in [0.15, 0.2) is 0 Å². The second-order valence-corrected chi connectivity index (χ2v) is 3.25. The highest BCUT2D eigenvalue weighted by Crippen LogP contribution is 2.18. The van der Waals surface area contributed by atoms with Crippen molar-refractivity contribution in [1.29, 1.82) is 0 Å². The van der Waals surface area contributed by atoms with Crippen LogP contribution in [-0.2, 0) is 0 Å². The van der Waals surface area contributed by atoms with Gasteiger partial charge in [0.25, 0.3) is 0 Å².